The first-order valence-corrected chi connectivity index (χ1v) is 15.9. The highest BCUT2D eigenvalue weighted by atomic mass is 15.3. The molecule has 46 heavy (non-hydrogen) atoms. The largest absolute Gasteiger partial charge is 0.341 e. The Morgan fingerprint density at radius 2 is 0.522 bits per heavy atom. The van der Waals surface area contributed by atoms with Crippen molar-refractivity contribution in [3.63, 3.8) is 0 Å². The summed E-state index contributed by atoms with van der Waals surface area (Å²) in [6.07, 6.45) is 0. The van der Waals surface area contributed by atoms with Crippen LogP contribution < -0.4 is 19.6 Å². The second-order valence-electron chi connectivity index (χ2n) is 12.4. The number of fused-ring (bicyclic) bond motifs is 4. The highest BCUT2D eigenvalue weighted by Crippen LogP contribution is 2.52. The third-order valence-electron chi connectivity index (χ3n) is 8.87. The molecule has 4 nitrogen and oxygen atoms in total. The Hall–Kier alpha value is -5.48. The van der Waals surface area contributed by atoms with Crippen LogP contribution in [0.25, 0.3) is 0 Å². The Morgan fingerprint density at radius 3 is 0.761 bits per heavy atom. The lowest BCUT2D eigenvalue weighted by Gasteiger charge is -2.38. The van der Waals surface area contributed by atoms with E-state index in [2.05, 4.69) is 195 Å². The lowest BCUT2D eigenvalue weighted by atomic mass is 10.0. The number of hydrogen-bond acceptors (Lipinski definition) is 4. The fourth-order valence-corrected chi connectivity index (χ4v) is 6.98. The van der Waals surface area contributed by atoms with Gasteiger partial charge in [-0.25, -0.2) is 0 Å². The van der Waals surface area contributed by atoms with Crippen molar-refractivity contribution in [3.8, 4) is 0 Å². The maximum atomic E-state index is 2.37. The average Bonchev–Trinajstić information content (AvgIpc) is 3.05. The van der Waals surface area contributed by atoms with Crippen molar-refractivity contribution >= 4 is 56.9 Å². The topological polar surface area (TPSA) is 13.0 Å². The zero-order valence-corrected chi connectivity index (χ0v) is 27.5. The molecular weight excluding hydrogens is 560 g/mol. The van der Waals surface area contributed by atoms with Crippen LogP contribution in [0.4, 0.5) is 56.9 Å². The Morgan fingerprint density at radius 1 is 0.304 bits per heavy atom. The van der Waals surface area contributed by atoms with Gasteiger partial charge in [-0.1, -0.05) is 60.7 Å². The highest BCUT2D eigenvalue weighted by molar-refractivity contribution is 5.98. The molecule has 4 heteroatoms. The van der Waals surface area contributed by atoms with Gasteiger partial charge in [0.05, 0.1) is 45.5 Å². The molecule has 2 aliphatic heterocycles. The van der Waals surface area contributed by atoms with E-state index in [4.69, 9.17) is 0 Å². The van der Waals surface area contributed by atoms with E-state index in [9.17, 15) is 0 Å². The average molecular weight is 601 g/mol. The molecule has 0 saturated carbocycles. The van der Waals surface area contributed by atoms with Gasteiger partial charge in [0, 0.05) is 25.5 Å². The molecule has 0 fully saturated rings. The normalized spacial score (nSPS) is 12.8. The molecule has 0 bridgehead atoms. The molecule has 0 aliphatic carbocycles. The van der Waals surface area contributed by atoms with Crippen LogP contribution in [-0.2, 0) is 0 Å². The summed E-state index contributed by atoms with van der Waals surface area (Å²) < 4.78 is 0. The van der Waals surface area contributed by atoms with E-state index in [1.807, 2.05) is 0 Å². The predicted molar refractivity (Wildman–Crippen MR) is 197 cm³/mol. The molecule has 0 aromatic heterocycles. The van der Waals surface area contributed by atoms with E-state index in [1.54, 1.807) is 0 Å². The Kier molecular flexibility index (Phi) is 7.50. The van der Waals surface area contributed by atoms with Crippen LogP contribution in [0.5, 0.6) is 0 Å². The SMILES string of the molecule is Cc1cc(C)cc(N2c3ccccc3N(C)c3ccccc32)c1.Cc1cc(C)cc(N2c3ccccc3N(C)c3ccccc32)c1. The molecular formula is C42H40N4. The number of rotatable bonds is 2. The molecule has 0 radical (unpaired) electrons. The molecule has 0 N–H and O–H groups in total. The molecule has 228 valence electrons. The van der Waals surface area contributed by atoms with Crippen molar-refractivity contribution < 1.29 is 0 Å². The van der Waals surface area contributed by atoms with Crippen LogP contribution in [0.3, 0.4) is 0 Å². The van der Waals surface area contributed by atoms with Crippen LogP contribution in [0.15, 0.2) is 133 Å². The van der Waals surface area contributed by atoms with Gasteiger partial charge in [0.1, 0.15) is 0 Å². The van der Waals surface area contributed by atoms with Crippen molar-refractivity contribution in [1.29, 1.82) is 0 Å². The van der Waals surface area contributed by atoms with E-state index in [1.165, 1.54) is 79.1 Å². The second kappa shape index (κ2) is 11.8. The van der Waals surface area contributed by atoms with E-state index in [0.29, 0.717) is 0 Å². The first-order valence-electron chi connectivity index (χ1n) is 15.9. The lowest BCUT2D eigenvalue weighted by Crippen LogP contribution is -2.24. The molecule has 0 unspecified atom stereocenters. The van der Waals surface area contributed by atoms with Gasteiger partial charge in [-0.05, 0) is 123 Å². The molecule has 2 aliphatic rings. The summed E-state index contributed by atoms with van der Waals surface area (Å²) in [6, 6.07) is 47.8. The summed E-state index contributed by atoms with van der Waals surface area (Å²) in [6.45, 7) is 8.63. The minimum Gasteiger partial charge on any atom is -0.341 e. The van der Waals surface area contributed by atoms with Crippen molar-refractivity contribution in [2.75, 3.05) is 33.7 Å². The smallest absolute Gasteiger partial charge is 0.0699 e. The molecule has 6 aromatic carbocycles. The first-order chi connectivity index (χ1) is 22.3. The number of benzene rings is 6. The van der Waals surface area contributed by atoms with Crippen molar-refractivity contribution in [2.24, 2.45) is 0 Å². The summed E-state index contributed by atoms with van der Waals surface area (Å²) >= 11 is 0. The molecule has 0 spiro atoms. The monoisotopic (exact) mass is 600 g/mol. The van der Waals surface area contributed by atoms with E-state index in [-0.39, 0.29) is 0 Å². The maximum Gasteiger partial charge on any atom is 0.0699 e. The van der Waals surface area contributed by atoms with Gasteiger partial charge in [0.2, 0.25) is 0 Å². The molecule has 6 aromatic rings. The highest BCUT2D eigenvalue weighted by Gasteiger charge is 2.28. The van der Waals surface area contributed by atoms with E-state index < -0.39 is 0 Å². The molecule has 8 rings (SSSR count). The molecule has 0 amide bonds. The van der Waals surface area contributed by atoms with Gasteiger partial charge < -0.3 is 19.6 Å². The Balaban J connectivity index is 0.000000147. The van der Waals surface area contributed by atoms with Crippen LogP contribution in [-0.4, -0.2) is 14.1 Å². The number of para-hydroxylation sites is 8. The fourth-order valence-electron chi connectivity index (χ4n) is 6.98. The third kappa shape index (κ3) is 5.16. The predicted octanol–water partition coefficient (Wildman–Crippen LogP) is 11.7. The third-order valence-corrected chi connectivity index (χ3v) is 8.87. The second-order valence-corrected chi connectivity index (χ2v) is 12.4. The maximum absolute atomic E-state index is 2.37. The summed E-state index contributed by atoms with van der Waals surface area (Å²) in [5.74, 6) is 0. The summed E-state index contributed by atoms with van der Waals surface area (Å²) in [5, 5.41) is 0. The van der Waals surface area contributed by atoms with Crippen molar-refractivity contribution in [1.82, 2.24) is 0 Å². The van der Waals surface area contributed by atoms with Crippen molar-refractivity contribution in [2.45, 2.75) is 27.7 Å². The number of anilines is 10. The first kappa shape index (κ1) is 29.2. The standard InChI is InChI=1S/2C21H20N2/c2*1-15-12-16(2)14-17(13-15)23-20-10-6-4-8-18(20)22(3)19-9-5-7-11-21(19)23/h2*4-14H,1-3H3. The van der Waals surface area contributed by atoms with E-state index in [0.717, 1.165) is 0 Å². The molecule has 2 heterocycles. The van der Waals surface area contributed by atoms with Crippen LogP contribution in [0.2, 0.25) is 0 Å². The van der Waals surface area contributed by atoms with E-state index >= 15 is 0 Å². The summed E-state index contributed by atoms with van der Waals surface area (Å²) in [7, 11) is 4.27. The molecule has 0 atom stereocenters. The van der Waals surface area contributed by atoms with Gasteiger partial charge in [-0.2, -0.15) is 0 Å². The minimum atomic E-state index is 1.22. The Labute approximate surface area is 273 Å². The summed E-state index contributed by atoms with van der Waals surface area (Å²) in [5.41, 5.74) is 17.4. The van der Waals surface area contributed by atoms with Gasteiger partial charge in [-0.3, -0.25) is 0 Å². The minimum absolute atomic E-state index is 1.22. The van der Waals surface area contributed by atoms with Gasteiger partial charge in [-0.15, -0.1) is 0 Å². The zero-order chi connectivity index (χ0) is 31.9. The zero-order valence-electron chi connectivity index (χ0n) is 27.5. The number of aryl methyl sites for hydroxylation is 4. The van der Waals surface area contributed by atoms with Crippen molar-refractivity contribution in [3.05, 3.63) is 156 Å². The summed E-state index contributed by atoms with van der Waals surface area (Å²) in [4.78, 5) is 9.27. The van der Waals surface area contributed by atoms with Gasteiger partial charge in [0.25, 0.3) is 0 Å². The number of hydrogen-bond donors (Lipinski definition) is 0. The Bertz CT molecular complexity index is 1780. The fraction of sp³-hybridized carbons (Fsp3) is 0.143. The quantitative estimate of drug-likeness (QED) is 0.196. The number of nitrogens with zero attached hydrogens (tertiary/aromatic N) is 4. The molecule has 0 saturated heterocycles. The van der Waals surface area contributed by atoms with Gasteiger partial charge in [0.15, 0.2) is 0 Å². The lowest BCUT2D eigenvalue weighted by molar-refractivity contribution is 1.12. The van der Waals surface area contributed by atoms with Crippen LogP contribution >= 0.6 is 0 Å². The van der Waals surface area contributed by atoms with Gasteiger partial charge >= 0.3 is 0 Å². The van der Waals surface area contributed by atoms with Crippen LogP contribution in [0, 0.1) is 27.7 Å². The van der Waals surface area contributed by atoms with Crippen LogP contribution in [0.1, 0.15) is 22.3 Å².